The molecule has 0 bridgehead atoms. The van der Waals surface area contributed by atoms with Gasteiger partial charge in [-0.15, -0.1) is 0 Å². The maximum atomic E-state index is 12.1. The van der Waals surface area contributed by atoms with Gasteiger partial charge in [-0.05, 0) is 25.5 Å². The second kappa shape index (κ2) is 5.21. The van der Waals surface area contributed by atoms with E-state index in [1.807, 2.05) is 6.92 Å². The lowest BCUT2D eigenvalue weighted by molar-refractivity contribution is 0.180. The molecule has 0 radical (unpaired) electrons. The number of nitrogens with two attached hydrogens (primary N) is 1. The van der Waals surface area contributed by atoms with E-state index in [-0.39, 0.29) is 22.7 Å². The highest BCUT2D eigenvalue weighted by Crippen LogP contribution is 2.20. The SMILES string of the molecule is CC(NS(=O)(=O)c1ncccc1N)C1CCOC1. The molecule has 7 heteroatoms. The summed E-state index contributed by atoms with van der Waals surface area (Å²) in [5.74, 6) is 0.199. The minimum atomic E-state index is -3.67. The average molecular weight is 271 g/mol. The molecule has 2 unspecified atom stereocenters. The molecule has 1 aromatic heterocycles. The number of sulfonamides is 1. The normalized spacial score (nSPS) is 21.9. The van der Waals surface area contributed by atoms with E-state index in [1.165, 1.54) is 12.3 Å². The first kappa shape index (κ1) is 13.3. The third-order valence-corrected chi connectivity index (χ3v) is 4.60. The average Bonchev–Trinajstić information content (AvgIpc) is 2.82. The molecule has 1 aliphatic rings. The lowest BCUT2D eigenvalue weighted by Gasteiger charge is -2.19. The third-order valence-electron chi connectivity index (χ3n) is 3.07. The van der Waals surface area contributed by atoms with Crippen LogP contribution in [0.15, 0.2) is 23.4 Å². The van der Waals surface area contributed by atoms with Crippen LogP contribution in [0.25, 0.3) is 0 Å². The molecule has 1 aliphatic heterocycles. The summed E-state index contributed by atoms with van der Waals surface area (Å²) in [7, 11) is -3.67. The van der Waals surface area contributed by atoms with Crippen LogP contribution in [0.5, 0.6) is 0 Å². The van der Waals surface area contributed by atoms with E-state index in [9.17, 15) is 8.42 Å². The molecule has 0 amide bonds. The summed E-state index contributed by atoms with van der Waals surface area (Å²) in [5.41, 5.74) is 5.78. The van der Waals surface area contributed by atoms with Gasteiger partial charge in [0, 0.05) is 24.8 Å². The number of nitrogen functional groups attached to an aromatic ring is 1. The predicted molar refractivity (Wildman–Crippen MR) is 67.4 cm³/mol. The Bertz CT molecular complexity index is 512. The minimum Gasteiger partial charge on any atom is -0.396 e. The number of nitrogens with one attached hydrogen (secondary N) is 1. The number of hydrogen-bond acceptors (Lipinski definition) is 5. The quantitative estimate of drug-likeness (QED) is 0.825. The van der Waals surface area contributed by atoms with Crippen LogP contribution < -0.4 is 10.5 Å². The van der Waals surface area contributed by atoms with Crippen molar-refractivity contribution in [3.8, 4) is 0 Å². The Kier molecular flexibility index (Phi) is 3.84. The Morgan fingerprint density at radius 2 is 2.39 bits per heavy atom. The van der Waals surface area contributed by atoms with Crippen molar-refractivity contribution in [3.63, 3.8) is 0 Å². The summed E-state index contributed by atoms with van der Waals surface area (Å²) in [6.45, 7) is 3.10. The Morgan fingerprint density at radius 1 is 1.61 bits per heavy atom. The van der Waals surface area contributed by atoms with Gasteiger partial charge >= 0.3 is 0 Å². The Balaban J connectivity index is 2.14. The Morgan fingerprint density at radius 3 is 3.00 bits per heavy atom. The topological polar surface area (TPSA) is 94.3 Å². The van der Waals surface area contributed by atoms with Crippen molar-refractivity contribution in [3.05, 3.63) is 18.3 Å². The van der Waals surface area contributed by atoms with Gasteiger partial charge in [0.25, 0.3) is 10.0 Å². The summed E-state index contributed by atoms with van der Waals surface area (Å²) in [6, 6.07) is 2.92. The van der Waals surface area contributed by atoms with E-state index in [0.717, 1.165) is 6.42 Å². The van der Waals surface area contributed by atoms with Crippen LogP contribution in [0.1, 0.15) is 13.3 Å². The second-order valence-corrected chi connectivity index (χ2v) is 6.06. The number of rotatable bonds is 4. The zero-order valence-electron chi connectivity index (χ0n) is 10.2. The second-order valence-electron chi connectivity index (χ2n) is 4.43. The van der Waals surface area contributed by atoms with Crippen LogP contribution in [0.3, 0.4) is 0 Å². The minimum absolute atomic E-state index is 0.115. The number of aromatic nitrogens is 1. The van der Waals surface area contributed by atoms with Crippen molar-refractivity contribution in [2.75, 3.05) is 18.9 Å². The Labute approximate surface area is 107 Å². The first-order valence-corrected chi connectivity index (χ1v) is 7.29. The zero-order chi connectivity index (χ0) is 13.2. The van der Waals surface area contributed by atoms with Gasteiger partial charge in [0.05, 0.1) is 12.3 Å². The molecule has 1 aromatic rings. The highest BCUT2D eigenvalue weighted by Gasteiger charge is 2.28. The lowest BCUT2D eigenvalue weighted by atomic mass is 10.0. The van der Waals surface area contributed by atoms with E-state index in [2.05, 4.69) is 9.71 Å². The molecule has 18 heavy (non-hydrogen) atoms. The van der Waals surface area contributed by atoms with Crippen LogP contribution >= 0.6 is 0 Å². The molecule has 3 N–H and O–H groups in total. The molecule has 1 saturated heterocycles. The fourth-order valence-electron chi connectivity index (χ4n) is 1.97. The number of ether oxygens (including phenoxy) is 1. The number of nitrogens with zero attached hydrogens (tertiary/aromatic N) is 1. The first-order valence-electron chi connectivity index (χ1n) is 5.81. The van der Waals surface area contributed by atoms with Crippen LogP contribution in [0.4, 0.5) is 5.69 Å². The van der Waals surface area contributed by atoms with Crippen LogP contribution in [0, 0.1) is 5.92 Å². The van der Waals surface area contributed by atoms with Gasteiger partial charge in [0.1, 0.15) is 0 Å². The van der Waals surface area contributed by atoms with Crippen LogP contribution in [0.2, 0.25) is 0 Å². The summed E-state index contributed by atoms with van der Waals surface area (Å²) in [6.07, 6.45) is 2.27. The van der Waals surface area contributed by atoms with Gasteiger partial charge in [-0.25, -0.2) is 18.1 Å². The molecule has 0 aromatic carbocycles. The number of anilines is 1. The van der Waals surface area contributed by atoms with Crippen molar-refractivity contribution < 1.29 is 13.2 Å². The van der Waals surface area contributed by atoms with Crippen molar-refractivity contribution in [1.29, 1.82) is 0 Å². The van der Waals surface area contributed by atoms with E-state index in [4.69, 9.17) is 10.5 Å². The van der Waals surface area contributed by atoms with Gasteiger partial charge in [-0.2, -0.15) is 0 Å². The molecule has 0 aliphatic carbocycles. The zero-order valence-corrected chi connectivity index (χ0v) is 11.0. The highest BCUT2D eigenvalue weighted by atomic mass is 32.2. The van der Waals surface area contributed by atoms with Crippen molar-refractivity contribution in [1.82, 2.24) is 9.71 Å². The molecule has 1 fully saturated rings. The molecule has 2 atom stereocenters. The predicted octanol–water partition coefficient (Wildman–Crippen LogP) is 0.367. The fourth-order valence-corrected chi connectivity index (χ4v) is 3.34. The summed E-state index contributed by atoms with van der Waals surface area (Å²) >= 11 is 0. The van der Waals surface area contributed by atoms with Crippen LogP contribution in [-0.2, 0) is 14.8 Å². The highest BCUT2D eigenvalue weighted by molar-refractivity contribution is 7.89. The van der Waals surface area contributed by atoms with Crippen molar-refractivity contribution >= 4 is 15.7 Å². The Hall–Kier alpha value is -1.18. The maximum Gasteiger partial charge on any atom is 0.260 e. The van der Waals surface area contributed by atoms with Crippen molar-refractivity contribution in [2.45, 2.75) is 24.4 Å². The van der Waals surface area contributed by atoms with Gasteiger partial charge in [0.15, 0.2) is 5.03 Å². The van der Waals surface area contributed by atoms with Gasteiger partial charge < -0.3 is 10.5 Å². The smallest absolute Gasteiger partial charge is 0.260 e. The summed E-state index contributed by atoms with van der Waals surface area (Å²) in [5, 5.41) is -0.115. The molecule has 6 nitrogen and oxygen atoms in total. The van der Waals surface area contributed by atoms with Gasteiger partial charge in [0.2, 0.25) is 0 Å². The monoisotopic (exact) mass is 271 g/mol. The number of pyridine rings is 1. The summed E-state index contributed by atoms with van der Waals surface area (Å²) < 4.78 is 32.1. The largest absolute Gasteiger partial charge is 0.396 e. The van der Waals surface area contributed by atoms with E-state index >= 15 is 0 Å². The first-order chi connectivity index (χ1) is 8.50. The lowest BCUT2D eigenvalue weighted by Crippen LogP contribution is -2.38. The molecule has 2 rings (SSSR count). The number of hydrogen-bond donors (Lipinski definition) is 2. The van der Waals surface area contributed by atoms with Crippen molar-refractivity contribution in [2.24, 2.45) is 5.92 Å². The molecule has 0 saturated carbocycles. The molecular weight excluding hydrogens is 254 g/mol. The van der Waals surface area contributed by atoms with Gasteiger partial charge in [-0.1, -0.05) is 0 Å². The molecule has 0 spiro atoms. The molecule has 100 valence electrons. The molecule has 2 heterocycles. The summed E-state index contributed by atoms with van der Waals surface area (Å²) in [4.78, 5) is 3.82. The third kappa shape index (κ3) is 2.80. The van der Waals surface area contributed by atoms with E-state index in [0.29, 0.717) is 13.2 Å². The van der Waals surface area contributed by atoms with E-state index in [1.54, 1.807) is 6.07 Å². The standard InChI is InChI=1S/C11H17N3O3S/c1-8(9-4-6-17-7-9)14-18(15,16)11-10(12)3-2-5-13-11/h2-3,5,8-9,14H,4,6-7,12H2,1H3. The maximum absolute atomic E-state index is 12.1. The van der Waals surface area contributed by atoms with Crippen LogP contribution in [-0.4, -0.2) is 32.7 Å². The van der Waals surface area contributed by atoms with E-state index < -0.39 is 10.0 Å². The fraction of sp³-hybridized carbons (Fsp3) is 0.545. The van der Waals surface area contributed by atoms with Gasteiger partial charge in [-0.3, -0.25) is 0 Å². The molecular formula is C11H17N3O3S.